The van der Waals surface area contributed by atoms with Crippen LogP contribution in [0.25, 0.3) is 0 Å². The number of aliphatic imine (C=N–C) groups is 1. The molecule has 28 heavy (non-hydrogen) atoms. The monoisotopic (exact) mass is 401 g/mol. The lowest BCUT2D eigenvalue weighted by molar-refractivity contribution is -0.139. The van der Waals surface area contributed by atoms with E-state index in [2.05, 4.69) is 20.9 Å². The first-order valence-electron chi connectivity index (χ1n) is 8.45. The lowest BCUT2D eigenvalue weighted by Gasteiger charge is -2.17. The molecule has 0 spiro atoms. The smallest absolute Gasteiger partial charge is 0.303 e. The summed E-state index contributed by atoms with van der Waals surface area (Å²) in [7, 11) is 0. The summed E-state index contributed by atoms with van der Waals surface area (Å²) in [5.41, 5.74) is 15.6. The number of carboxylic acids is 1. The molecule has 0 aliphatic heterocycles. The van der Waals surface area contributed by atoms with E-state index in [-0.39, 0.29) is 31.8 Å². The first-order chi connectivity index (χ1) is 13.0. The van der Waals surface area contributed by atoms with E-state index in [9.17, 15) is 24.0 Å². The van der Waals surface area contributed by atoms with Crippen LogP contribution in [-0.4, -0.2) is 65.8 Å². The quantitative estimate of drug-likeness (QED) is 0.0926. The van der Waals surface area contributed by atoms with Crippen LogP contribution < -0.4 is 33.2 Å². The zero-order valence-corrected chi connectivity index (χ0v) is 15.6. The van der Waals surface area contributed by atoms with Crippen LogP contribution in [-0.2, 0) is 24.0 Å². The summed E-state index contributed by atoms with van der Waals surface area (Å²) in [6.07, 6.45) is -0.0206. The first-order valence-corrected chi connectivity index (χ1v) is 8.45. The minimum atomic E-state index is -1.13. The van der Waals surface area contributed by atoms with Gasteiger partial charge in [-0.1, -0.05) is 0 Å². The molecule has 4 amide bonds. The molecule has 0 aliphatic carbocycles. The fraction of sp³-hybridized carbons (Fsp3) is 0.600. The molecule has 0 aromatic heterocycles. The van der Waals surface area contributed by atoms with Crippen molar-refractivity contribution in [2.24, 2.45) is 22.2 Å². The summed E-state index contributed by atoms with van der Waals surface area (Å²) in [5, 5.41) is 15.5. The molecule has 158 valence electrons. The van der Waals surface area contributed by atoms with Crippen molar-refractivity contribution < 1.29 is 29.1 Å². The number of aliphatic carboxylic acids is 1. The van der Waals surface area contributed by atoms with Crippen LogP contribution in [0, 0.1) is 0 Å². The number of amides is 4. The molecule has 10 N–H and O–H groups in total. The van der Waals surface area contributed by atoms with Gasteiger partial charge in [0.05, 0.1) is 13.0 Å². The second-order valence-electron chi connectivity index (χ2n) is 5.87. The molecule has 2 unspecified atom stereocenters. The molecule has 0 bridgehead atoms. The van der Waals surface area contributed by atoms with E-state index in [0.29, 0.717) is 6.42 Å². The predicted octanol–water partition coefficient (Wildman–Crippen LogP) is -3.50. The first kappa shape index (κ1) is 24.6. The number of nitrogens with two attached hydrogens (primary N) is 3. The van der Waals surface area contributed by atoms with Crippen LogP contribution >= 0.6 is 0 Å². The normalized spacial score (nSPS) is 12.2. The van der Waals surface area contributed by atoms with E-state index in [1.807, 2.05) is 0 Å². The summed E-state index contributed by atoms with van der Waals surface area (Å²) in [6.45, 7) is 1.20. The van der Waals surface area contributed by atoms with Gasteiger partial charge < -0.3 is 38.3 Å². The van der Waals surface area contributed by atoms with Gasteiger partial charge in [0.1, 0.15) is 12.1 Å². The van der Waals surface area contributed by atoms with Gasteiger partial charge in [0, 0.05) is 13.0 Å². The lowest BCUT2D eigenvalue weighted by atomic mass is 10.1. The highest BCUT2D eigenvalue weighted by molar-refractivity contribution is 5.92. The molecule has 0 aliphatic rings. The summed E-state index contributed by atoms with van der Waals surface area (Å²) in [6, 6.07) is -1.92. The Morgan fingerprint density at radius 3 is 2.18 bits per heavy atom. The number of nitrogens with one attached hydrogen (secondary N) is 3. The average Bonchev–Trinajstić information content (AvgIpc) is 2.59. The molecule has 13 heteroatoms. The fourth-order valence-electron chi connectivity index (χ4n) is 1.95. The van der Waals surface area contributed by atoms with Gasteiger partial charge in [-0.2, -0.15) is 0 Å². The summed E-state index contributed by atoms with van der Waals surface area (Å²) in [5.74, 6) is -3.88. The van der Waals surface area contributed by atoms with Crippen LogP contribution in [0.1, 0.15) is 32.6 Å². The highest BCUT2D eigenvalue weighted by Gasteiger charge is 2.20. The van der Waals surface area contributed by atoms with E-state index in [0.717, 1.165) is 0 Å². The number of rotatable bonds is 13. The molecular formula is C15H27N7O6. The fourth-order valence-corrected chi connectivity index (χ4v) is 1.95. The van der Waals surface area contributed by atoms with Crippen molar-refractivity contribution in [1.82, 2.24) is 16.0 Å². The van der Waals surface area contributed by atoms with Crippen molar-refractivity contribution in [3.8, 4) is 0 Å². The number of carbonyl (C=O) groups is 5. The highest BCUT2D eigenvalue weighted by Crippen LogP contribution is 1.97. The molecule has 0 radical (unpaired) electrons. The number of carboxylic acid groups (broad SMARTS) is 1. The summed E-state index contributed by atoms with van der Waals surface area (Å²) >= 11 is 0. The van der Waals surface area contributed by atoms with E-state index < -0.39 is 48.2 Å². The molecule has 0 fully saturated rings. The van der Waals surface area contributed by atoms with E-state index >= 15 is 0 Å². The molecule has 2 atom stereocenters. The lowest BCUT2D eigenvalue weighted by Crippen LogP contribution is -2.50. The van der Waals surface area contributed by atoms with Crippen LogP contribution in [0.3, 0.4) is 0 Å². The maximum atomic E-state index is 11.9. The SMILES string of the molecule is CC(NC(=O)CCC(=O)O)C(=O)NCC(=O)NC(CCCN=C(N)N)C(N)=O. The molecule has 13 nitrogen and oxygen atoms in total. The molecule has 0 aromatic rings. The zero-order valence-electron chi connectivity index (χ0n) is 15.6. The van der Waals surface area contributed by atoms with E-state index in [1.165, 1.54) is 6.92 Å². The van der Waals surface area contributed by atoms with E-state index in [1.54, 1.807) is 0 Å². The maximum Gasteiger partial charge on any atom is 0.303 e. The number of hydrogen-bond acceptors (Lipinski definition) is 6. The van der Waals surface area contributed by atoms with Crippen molar-refractivity contribution in [3.63, 3.8) is 0 Å². The second-order valence-corrected chi connectivity index (χ2v) is 5.87. The number of hydrogen-bond donors (Lipinski definition) is 7. The Kier molecular flexibility index (Phi) is 11.3. The van der Waals surface area contributed by atoms with Crippen molar-refractivity contribution in [1.29, 1.82) is 0 Å². The van der Waals surface area contributed by atoms with Gasteiger partial charge in [-0.05, 0) is 19.8 Å². The van der Waals surface area contributed by atoms with Crippen LogP contribution in [0.2, 0.25) is 0 Å². The number of carbonyl (C=O) groups excluding carboxylic acids is 4. The molecular weight excluding hydrogens is 374 g/mol. The molecule has 0 rings (SSSR count). The minimum Gasteiger partial charge on any atom is -0.481 e. The number of primary amides is 1. The van der Waals surface area contributed by atoms with Crippen LogP contribution in [0.15, 0.2) is 4.99 Å². The van der Waals surface area contributed by atoms with Gasteiger partial charge in [0.25, 0.3) is 0 Å². The van der Waals surface area contributed by atoms with Gasteiger partial charge in [0.15, 0.2) is 5.96 Å². The van der Waals surface area contributed by atoms with E-state index in [4.69, 9.17) is 22.3 Å². The Labute approximate surface area is 161 Å². The van der Waals surface area contributed by atoms with Crippen LogP contribution in [0.5, 0.6) is 0 Å². The standard InChI is InChI=1S/C15H27N7O6/c1-8(21-10(23)4-5-12(25)26)14(28)20-7-11(24)22-9(13(16)27)3-2-6-19-15(17)18/h8-9H,2-7H2,1H3,(H2,16,27)(H,20,28)(H,21,23)(H,22,24)(H,25,26)(H4,17,18,19). The third-order valence-corrected chi connectivity index (χ3v) is 3.38. The van der Waals surface area contributed by atoms with Gasteiger partial charge in [-0.15, -0.1) is 0 Å². The third-order valence-electron chi connectivity index (χ3n) is 3.38. The maximum absolute atomic E-state index is 11.9. The molecule has 0 aromatic carbocycles. The zero-order chi connectivity index (χ0) is 21.7. The van der Waals surface area contributed by atoms with Crippen LogP contribution in [0.4, 0.5) is 0 Å². The Hall–Kier alpha value is -3.38. The van der Waals surface area contributed by atoms with Crippen molar-refractivity contribution >= 4 is 35.6 Å². The summed E-state index contributed by atoms with van der Waals surface area (Å²) in [4.78, 5) is 60.7. The van der Waals surface area contributed by atoms with Crippen molar-refractivity contribution in [3.05, 3.63) is 0 Å². The highest BCUT2D eigenvalue weighted by atomic mass is 16.4. The predicted molar refractivity (Wildman–Crippen MR) is 98.5 cm³/mol. The summed E-state index contributed by atoms with van der Waals surface area (Å²) < 4.78 is 0. The Morgan fingerprint density at radius 2 is 1.64 bits per heavy atom. The third kappa shape index (κ3) is 12.1. The van der Waals surface area contributed by atoms with Gasteiger partial charge in [-0.3, -0.25) is 29.0 Å². The molecule has 0 saturated heterocycles. The second kappa shape index (κ2) is 12.9. The van der Waals surface area contributed by atoms with Gasteiger partial charge in [-0.25, -0.2) is 0 Å². The van der Waals surface area contributed by atoms with Gasteiger partial charge >= 0.3 is 5.97 Å². The number of guanidine groups is 1. The topological polar surface area (TPSA) is 232 Å². The average molecular weight is 401 g/mol. The van der Waals surface area contributed by atoms with Gasteiger partial charge in [0.2, 0.25) is 23.6 Å². The van der Waals surface area contributed by atoms with Crippen molar-refractivity contribution in [2.45, 2.75) is 44.7 Å². The Bertz CT molecular complexity index is 618. The molecule has 0 heterocycles. The molecule has 0 saturated carbocycles. The Morgan fingerprint density at radius 1 is 1.00 bits per heavy atom. The number of nitrogens with zero attached hydrogens (tertiary/aromatic N) is 1. The van der Waals surface area contributed by atoms with Crippen molar-refractivity contribution in [2.75, 3.05) is 13.1 Å². The minimum absolute atomic E-state index is 0.0912. The largest absolute Gasteiger partial charge is 0.481 e. The Balaban J connectivity index is 4.32.